The molecule has 3 heteroatoms. The highest BCUT2D eigenvalue weighted by Gasteiger charge is 1.56. The van der Waals surface area contributed by atoms with Gasteiger partial charge in [-0.05, 0) is 21.4 Å². The van der Waals surface area contributed by atoms with Gasteiger partial charge < -0.3 is 0 Å². The number of hydrogen-bond donors (Lipinski definition) is 0. The van der Waals surface area contributed by atoms with Crippen LogP contribution in [0, 0.1) is 0 Å². The highest BCUT2D eigenvalue weighted by molar-refractivity contribution is 8.38. The third kappa shape index (κ3) is 45.2. The van der Waals surface area contributed by atoms with Crippen LogP contribution < -0.4 is 0 Å². The topological polar surface area (TPSA) is 0 Å². The molecule has 0 saturated carbocycles. The van der Waals surface area contributed by atoms with Crippen molar-refractivity contribution < 1.29 is 0 Å². The number of unbranched alkanes of at least 4 members (excludes halogenated alkanes) is 1. The molecule has 0 aromatic heterocycles. The summed E-state index contributed by atoms with van der Waals surface area (Å²) in [7, 11) is 10.1. The van der Waals surface area contributed by atoms with Crippen LogP contribution in [0.5, 0.6) is 0 Å². The third-order valence-electron chi connectivity index (χ3n) is 0.500. The molecule has 0 aromatic carbocycles. The predicted molar refractivity (Wildman–Crippen MR) is 39.9 cm³/mol. The molecule has 7 heavy (non-hydrogen) atoms. The van der Waals surface area contributed by atoms with E-state index >= 15 is 0 Å². The second-order valence-electron chi connectivity index (χ2n) is 1.06. The van der Waals surface area contributed by atoms with Crippen LogP contribution in [0.3, 0.4) is 0 Å². The lowest BCUT2D eigenvalue weighted by Crippen LogP contribution is -1.47. The van der Waals surface area contributed by atoms with Gasteiger partial charge in [0.05, 0.1) is 10.2 Å². The quantitative estimate of drug-likeness (QED) is 0.563. The summed E-state index contributed by atoms with van der Waals surface area (Å²) >= 11 is 0. The maximum atomic E-state index is 4.68. The maximum absolute atomic E-state index is 4.68. The third-order valence-corrected chi connectivity index (χ3v) is 0.500. The van der Waals surface area contributed by atoms with E-state index in [-0.39, 0.29) is 0 Å². The van der Waals surface area contributed by atoms with Crippen LogP contribution in [0.15, 0.2) is 0 Å². The Labute approximate surface area is 58.6 Å². The fourth-order valence-electron chi connectivity index (χ4n) is 0. The van der Waals surface area contributed by atoms with E-state index in [9.17, 15) is 0 Å². The van der Waals surface area contributed by atoms with Crippen LogP contribution in [0.2, 0.25) is 0 Å². The molecule has 0 bridgehead atoms. The van der Waals surface area contributed by atoms with E-state index in [1.54, 1.807) is 0 Å². The van der Waals surface area contributed by atoms with Gasteiger partial charge in [-0.25, -0.2) is 0 Å². The Morgan fingerprint density at radius 3 is 1.29 bits per heavy atom. The van der Waals surface area contributed by atoms with Gasteiger partial charge in [0.1, 0.15) is 0 Å². The Kier molecular flexibility index (Phi) is 24.4. The standard InChI is InChI=1S/C4H10.Cl2S/c1-3-4-2;1-3-2/h3-4H2,1-2H3;. The van der Waals surface area contributed by atoms with Gasteiger partial charge in [-0.1, -0.05) is 26.7 Å². The Morgan fingerprint density at radius 1 is 1.14 bits per heavy atom. The maximum Gasteiger partial charge on any atom is 0.0523 e. The van der Waals surface area contributed by atoms with Crippen molar-refractivity contribution in [1.82, 2.24) is 0 Å². The normalized spacial score (nSPS) is 6.86. The average molecular weight is 161 g/mol. The molecule has 0 aliphatic rings. The first-order chi connectivity index (χ1) is 3.33. The summed E-state index contributed by atoms with van der Waals surface area (Å²) < 4.78 is 0. The molecular formula is C4H10Cl2S. The molecule has 0 atom stereocenters. The molecule has 0 saturated heterocycles. The summed E-state index contributed by atoms with van der Waals surface area (Å²) in [6.45, 7) is 4.36. The van der Waals surface area contributed by atoms with Crippen LogP contribution in [0.25, 0.3) is 0 Å². The van der Waals surface area contributed by atoms with Crippen molar-refractivity contribution in [2.45, 2.75) is 26.7 Å². The van der Waals surface area contributed by atoms with Gasteiger partial charge in [0.25, 0.3) is 0 Å². The van der Waals surface area contributed by atoms with E-state index < -0.39 is 0 Å². The first kappa shape index (κ1) is 10.8. The zero-order chi connectivity index (χ0) is 6.12. The fraction of sp³-hybridized carbons (Fsp3) is 1.00. The van der Waals surface area contributed by atoms with Crippen LogP contribution in [-0.4, -0.2) is 0 Å². The number of hydrogen-bond acceptors (Lipinski definition) is 1. The SMILES string of the molecule is CCCC.ClSCl. The molecule has 46 valence electrons. The molecule has 0 aliphatic carbocycles. The lowest BCUT2D eigenvalue weighted by atomic mass is 10.4. The van der Waals surface area contributed by atoms with Crippen molar-refractivity contribution in [3.63, 3.8) is 0 Å². The van der Waals surface area contributed by atoms with Gasteiger partial charge in [0, 0.05) is 0 Å². The summed E-state index contributed by atoms with van der Waals surface area (Å²) in [6, 6.07) is 0. The van der Waals surface area contributed by atoms with E-state index in [1.807, 2.05) is 0 Å². The van der Waals surface area contributed by atoms with Crippen LogP contribution in [0.4, 0.5) is 0 Å². The van der Waals surface area contributed by atoms with E-state index in [4.69, 9.17) is 0 Å². The summed E-state index contributed by atoms with van der Waals surface area (Å²) in [6.07, 6.45) is 2.64. The first-order valence-corrected chi connectivity index (χ1v) is 4.69. The smallest absolute Gasteiger partial charge is 0.0523 e. The van der Waals surface area contributed by atoms with Crippen molar-refractivity contribution in [2.24, 2.45) is 0 Å². The molecule has 0 amide bonds. The minimum absolute atomic E-state index is 0.694. The second-order valence-corrected chi connectivity index (χ2v) is 2.57. The molecule has 0 aliphatic heterocycles. The largest absolute Gasteiger partial charge is 0.0654 e. The number of halogens is 2. The molecular weight excluding hydrogens is 151 g/mol. The van der Waals surface area contributed by atoms with Gasteiger partial charge in [-0.2, -0.15) is 0 Å². The zero-order valence-corrected chi connectivity index (χ0v) is 6.91. The van der Waals surface area contributed by atoms with Crippen LogP contribution >= 0.6 is 31.6 Å². The lowest BCUT2D eigenvalue weighted by Gasteiger charge is -1.68. The second kappa shape index (κ2) is 15.8. The Hall–Kier alpha value is 0.930. The molecule has 0 unspecified atom stereocenters. The van der Waals surface area contributed by atoms with Gasteiger partial charge in [0.15, 0.2) is 0 Å². The molecule has 0 N–H and O–H groups in total. The van der Waals surface area contributed by atoms with E-state index in [1.165, 1.54) is 12.8 Å². The summed E-state index contributed by atoms with van der Waals surface area (Å²) in [5, 5.41) is 0. The minimum atomic E-state index is 0.694. The lowest BCUT2D eigenvalue weighted by molar-refractivity contribution is 0.886. The van der Waals surface area contributed by atoms with Gasteiger partial charge in [-0.15, -0.1) is 0 Å². The summed E-state index contributed by atoms with van der Waals surface area (Å²) in [5.41, 5.74) is 0. The molecule has 0 radical (unpaired) electrons. The molecule has 0 aromatic rings. The summed E-state index contributed by atoms with van der Waals surface area (Å²) in [5.74, 6) is 0. The van der Waals surface area contributed by atoms with Crippen LogP contribution in [-0.2, 0) is 0 Å². The predicted octanol–water partition coefficient (Wildman–Crippen LogP) is 3.83. The van der Waals surface area contributed by atoms with Crippen LogP contribution in [0.1, 0.15) is 26.7 Å². The first-order valence-electron chi connectivity index (χ1n) is 2.22. The van der Waals surface area contributed by atoms with Gasteiger partial charge in [-0.3, -0.25) is 0 Å². The van der Waals surface area contributed by atoms with Gasteiger partial charge in [0.2, 0.25) is 0 Å². The van der Waals surface area contributed by atoms with E-state index in [0.29, 0.717) is 10.2 Å². The average Bonchev–Trinajstić information content (AvgIpc) is 1.69. The highest BCUT2D eigenvalue weighted by Crippen LogP contribution is 2.08. The Balaban J connectivity index is 0. The fourth-order valence-corrected chi connectivity index (χ4v) is 0. The summed E-state index contributed by atoms with van der Waals surface area (Å²) in [4.78, 5) is 0. The van der Waals surface area contributed by atoms with Crippen molar-refractivity contribution >= 4 is 31.6 Å². The van der Waals surface area contributed by atoms with E-state index in [0.717, 1.165) is 0 Å². The molecule has 0 fully saturated rings. The minimum Gasteiger partial charge on any atom is -0.0654 e. The highest BCUT2D eigenvalue weighted by atomic mass is 36.0. The van der Waals surface area contributed by atoms with Crippen molar-refractivity contribution in [2.75, 3.05) is 0 Å². The van der Waals surface area contributed by atoms with Crippen molar-refractivity contribution in [1.29, 1.82) is 0 Å². The Bertz CT molecular complexity index is 17.2. The van der Waals surface area contributed by atoms with Gasteiger partial charge >= 0.3 is 0 Å². The van der Waals surface area contributed by atoms with Crippen molar-refractivity contribution in [3.05, 3.63) is 0 Å². The molecule has 0 spiro atoms. The monoisotopic (exact) mass is 160 g/mol. The Morgan fingerprint density at radius 2 is 1.29 bits per heavy atom. The van der Waals surface area contributed by atoms with Crippen molar-refractivity contribution in [3.8, 4) is 0 Å². The zero-order valence-electron chi connectivity index (χ0n) is 4.58. The molecule has 0 rings (SSSR count). The van der Waals surface area contributed by atoms with E-state index in [2.05, 4.69) is 35.2 Å². The molecule has 0 nitrogen and oxygen atoms in total. The molecule has 0 heterocycles. The number of rotatable bonds is 1.